The standard InChI is InChI=1S/C28H28Cl2N4O8/c1-17(35)41-27(19-7-3-5-9-21(19)29)33-23(37)13-31(14-24(33)38)11-12-32-15-25(39)34(26(40)16-32)28(42-18(2)36)20-8-4-6-10-22(20)30/h3-10,27-28H,11-16H2,1-2H3. The van der Waals surface area contributed by atoms with Crippen LogP contribution in [0, 0.1) is 0 Å². The molecule has 2 aliphatic heterocycles. The maximum Gasteiger partial charge on any atom is 0.304 e. The van der Waals surface area contributed by atoms with Crippen LogP contribution in [0.1, 0.15) is 37.4 Å². The van der Waals surface area contributed by atoms with Gasteiger partial charge in [-0.15, -0.1) is 0 Å². The van der Waals surface area contributed by atoms with E-state index in [0.717, 1.165) is 9.80 Å². The minimum absolute atomic E-state index is 0.170. The largest absolute Gasteiger partial charge is 0.437 e. The Morgan fingerprint density at radius 1 is 0.643 bits per heavy atom. The maximum absolute atomic E-state index is 13.1. The van der Waals surface area contributed by atoms with Crippen LogP contribution in [0.25, 0.3) is 0 Å². The lowest BCUT2D eigenvalue weighted by atomic mass is 10.1. The van der Waals surface area contributed by atoms with E-state index in [1.165, 1.54) is 13.8 Å². The molecule has 0 N–H and O–H groups in total. The molecule has 14 heteroatoms. The Balaban J connectivity index is 1.40. The quantitative estimate of drug-likeness (QED) is 0.304. The van der Waals surface area contributed by atoms with E-state index >= 15 is 0 Å². The van der Waals surface area contributed by atoms with Crippen molar-refractivity contribution in [3.8, 4) is 0 Å². The summed E-state index contributed by atoms with van der Waals surface area (Å²) in [5.74, 6) is -3.78. The van der Waals surface area contributed by atoms with Gasteiger partial charge in [0.25, 0.3) is 0 Å². The molecule has 2 saturated heterocycles. The Bertz CT molecular complexity index is 1280. The van der Waals surface area contributed by atoms with Gasteiger partial charge in [-0.1, -0.05) is 59.6 Å². The second-order valence-electron chi connectivity index (χ2n) is 9.70. The molecule has 0 radical (unpaired) electrons. The SMILES string of the molecule is CC(=O)OC(c1ccccc1Cl)N1C(=O)CN(CCN2CC(=O)N(C(OC(C)=O)c3ccccc3Cl)C(=O)C2)CC1=O. The number of amides is 4. The summed E-state index contributed by atoms with van der Waals surface area (Å²) in [7, 11) is 0. The van der Waals surface area contributed by atoms with Crippen molar-refractivity contribution in [2.45, 2.75) is 26.3 Å². The number of esters is 2. The van der Waals surface area contributed by atoms with Gasteiger partial charge >= 0.3 is 11.9 Å². The van der Waals surface area contributed by atoms with E-state index < -0.39 is 48.0 Å². The third-order valence-corrected chi connectivity index (χ3v) is 7.30. The van der Waals surface area contributed by atoms with Gasteiger partial charge in [0.1, 0.15) is 0 Å². The van der Waals surface area contributed by atoms with Gasteiger partial charge in [-0.05, 0) is 12.1 Å². The van der Waals surface area contributed by atoms with Gasteiger partial charge in [0.15, 0.2) is 0 Å². The van der Waals surface area contributed by atoms with Gasteiger partial charge < -0.3 is 9.47 Å². The fourth-order valence-electron chi connectivity index (χ4n) is 4.76. The molecule has 4 rings (SSSR count). The molecule has 2 fully saturated rings. The highest BCUT2D eigenvalue weighted by molar-refractivity contribution is 6.31. The molecule has 42 heavy (non-hydrogen) atoms. The number of halogens is 2. The molecular formula is C28H28Cl2N4O8. The highest BCUT2D eigenvalue weighted by atomic mass is 35.5. The predicted molar refractivity (Wildman–Crippen MR) is 149 cm³/mol. The van der Waals surface area contributed by atoms with Crippen LogP contribution < -0.4 is 0 Å². The minimum Gasteiger partial charge on any atom is -0.437 e. The number of imide groups is 2. The number of carbonyl (C=O) groups excluding carboxylic acids is 6. The molecule has 2 aromatic rings. The molecule has 222 valence electrons. The molecule has 2 atom stereocenters. The summed E-state index contributed by atoms with van der Waals surface area (Å²) in [6.45, 7) is 2.03. The molecule has 2 aliphatic rings. The van der Waals surface area contributed by atoms with Crippen molar-refractivity contribution in [1.29, 1.82) is 0 Å². The Morgan fingerprint density at radius 2 is 0.952 bits per heavy atom. The molecule has 0 aliphatic carbocycles. The molecule has 0 bridgehead atoms. The van der Waals surface area contributed by atoms with Crippen molar-refractivity contribution >= 4 is 58.8 Å². The van der Waals surface area contributed by atoms with Crippen molar-refractivity contribution < 1.29 is 38.2 Å². The molecule has 4 amide bonds. The smallest absolute Gasteiger partial charge is 0.304 e. The summed E-state index contributed by atoms with van der Waals surface area (Å²) in [5, 5.41) is 0.455. The lowest BCUT2D eigenvalue weighted by molar-refractivity contribution is -0.178. The van der Waals surface area contributed by atoms with Gasteiger partial charge in [0.05, 0.1) is 26.2 Å². The summed E-state index contributed by atoms with van der Waals surface area (Å²) in [4.78, 5) is 80.9. The van der Waals surface area contributed by atoms with Gasteiger partial charge in [-0.25, -0.2) is 9.80 Å². The lowest BCUT2D eigenvalue weighted by Gasteiger charge is -2.39. The van der Waals surface area contributed by atoms with Gasteiger partial charge in [-0.2, -0.15) is 0 Å². The van der Waals surface area contributed by atoms with Gasteiger partial charge in [0.2, 0.25) is 36.1 Å². The second kappa shape index (κ2) is 13.4. The summed E-state index contributed by atoms with van der Waals surface area (Å²) >= 11 is 12.5. The molecule has 2 unspecified atom stereocenters. The van der Waals surface area contributed by atoms with E-state index in [-0.39, 0.29) is 49.3 Å². The van der Waals surface area contributed by atoms with Crippen LogP contribution in [0.4, 0.5) is 0 Å². The fraction of sp³-hybridized carbons (Fsp3) is 0.357. The highest BCUT2D eigenvalue weighted by Gasteiger charge is 2.41. The number of hydrogen-bond donors (Lipinski definition) is 0. The van der Waals surface area contributed by atoms with E-state index in [1.807, 2.05) is 0 Å². The summed E-state index contributed by atoms with van der Waals surface area (Å²) in [6, 6.07) is 12.9. The number of benzene rings is 2. The van der Waals surface area contributed by atoms with Gasteiger partial charge in [0, 0.05) is 48.1 Å². The molecular weight excluding hydrogens is 591 g/mol. The summed E-state index contributed by atoms with van der Waals surface area (Å²) in [5.41, 5.74) is 0.589. The van der Waals surface area contributed by atoms with Crippen LogP contribution in [0.2, 0.25) is 10.0 Å². The zero-order chi connectivity index (χ0) is 30.6. The Morgan fingerprint density at radius 3 is 1.24 bits per heavy atom. The van der Waals surface area contributed by atoms with Crippen LogP contribution in [-0.2, 0) is 38.2 Å². The number of ether oxygens (including phenoxy) is 2. The van der Waals surface area contributed by atoms with Crippen LogP contribution in [0.5, 0.6) is 0 Å². The van der Waals surface area contributed by atoms with Crippen LogP contribution in [0.15, 0.2) is 48.5 Å². The minimum atomic E-state index is -1.31. The summed E-state index contributed by atoms with van der Waals surface area (Å²) in [6.07, 6.45) is -2.63. The normalized spacial score (nSPS) is 18.2. The first-order valence-corrected chi connectivity index (χ1v) is 13.7. The first-order chi connectivity index (χ1) is 20.0. The van der Waals surface area contributed by atoms with E-state index in [1.54, 1.807) is 58.3 Å². The second-order valence-corrected chi connectivity index (χ2v) is 10.5. The average Bonchev–Trinajstić information content (AvgIpc) is 2.90. The molecule has 2 aromatic carbocycles. The van der Waals surface area contributed by atoms with E-state index in [2.05, 4.69) is 0 Å². The molecule has 0 spiro atoms. The Kier molecular flexibility index (Phi) is 9.94. The molecule has 0 aromatic heterocycles. The Hall–Kier alpha value is -3.84. The first kappa shape index (κ1) is 31.1. The van der Waals surface area contributed by atoms with Crippen LogP contribution in [0.3, 0.4) is 0 Å². The van der Waals surface area contributed by atoms with Crippen molar-refractivity contribution in [3.63, 3.8) is 0 Å². The number of piperazine rings is 2. The summed E-state index contributed by atoms with van der Waals surface area (Å²) < 4.78 is 10.6. The molecule has 12 nitrogen and oxygen atoms in total. The van der Waals surface area contributed by atoms with E-state index in [9.17, 15) is 28.8 Å². The number of nitrogens with zero attached hydrogens (tertiary/aromatic N) is 4. The zero-order valence-corrected chi connectivity index (χ0v) is 24.3. The Labute approximate surface area is 251 Å². The number of carbonyl (C=O) groups is 6. The van der Waals surface area contributed by atoms with Crippen LogP contribution in [-0.4, -0.2) is 94.4 Å². The van der Waals surface area contributed by atoms with Crippen molar-refractivity contribution in [2.75, 3.05) is 39.3 Å². The molecule has 0 saturated carbocycles. The topological polar surface area (TPSA) is 134 Å². The molecule has 2 heterocycles. The zero-order valence-electron chi connectivity index (χ0n) is 22.8. The van der Waals surface area contributed by atoms with Crippen molar-refractivity contribution in [2.24, 2.45) is 0 Å². The highest BCUT2D eigenvalue weighted by Crippen LogP contribution is 2.32. The van der Waals surface area contributed by atoms with E-state index in [4.69, 9.17) is 32.7 Å². The van der Waals surface area contributed by atoms with E-state index in [0.29, 0.717) is 11.1 Å². The predicted octanol–water partition coefficient (Wildman–Crippen LogP) is 2.16. The number of rotatable bonds is 9. The first-order valence-electron chi connectivity index (χ1n) is 12.9. The van der Waals surface area contributed by atoms with Crippen LogP contribution >= 0.6 is 23.2 Å². The van der Waals surface area contributed by atoms with Gasteiger partial charge in [-0.3, -0.25) is 38.6 Å². The lowest BCUT2D eigenvalue weighted by Crippen LogP contribution is -2.59. The fourth-order valence-corrected chi connectivity index (χ4v) is 5.22. The maximum atomic E-state index is 13.1. The monoisotopic (exact) mass is 618 g/mol. The third-order valence-electron chi connectivity index (χ3n) is 6.61. The van der Waals surface area contributed by atoms with Crippen molar-refractivity contribution in [1.82, 2.24) is 19.6 Å². The average molecular weight is 619 g/mol. The van der Waals surface area contributed by atoms with Crippen molar-refractivity contribution in [3.05, 3.63) is 69.7 Å². The third kappa shape index (κ3) is 7.13. The number of hydrogen-bond acceptors (Lipinski definition) is 10.